The second-order valence-electron chi connectivity index (χ2n) is 6.28. The van der Waals surface area contributed by atoms with E-state index in [-0.39, 0.29) is 18.4 Å². The van der Waals surface area contributed by atoms with Gasteiger partial charge in [-0.05, 0) is 50.5 Å². The van der Waals surface area contributed by atoms with Gasteiger partial charge in [0.1, 0.15) is 0 Å². The second-order valence-corrected chi connectivity index (χ2v) is 6.28. The van der Waals surface area contributed by atoms with Gasteiger partial charge in [0.05, 0.1) is 17.6 Å². The first-order chi connectivity index (χ1) is 15.5. The average molecular weight is 358 g/mol. The number of pyridine rings is 1. The highest BCUT2D eigenvalue weighted by atomic mass is 16.4. The van der Waals surface area contributed by atoms with Gasteiger partial charge in [-0.1, -0.05) is 41.9 Å². The van der Waals surface area contributed by atoms with Gasteiger partial charge >= 0.3 is 5.97 Å². The topological polar surface area (TPSA) is 53.4 Å². The molecule has 136 valence electrons. The predicted octanol–water partition coefficient (Wildman–Crippen LogP) is 3.93. The molecule has 0 amide bonds. The summed E-state index contributed by atoms with van der Waals surface area (Å²) in [6, 6.07) is 3.00. The van der Waals surface area contributed by atoms with Crippen LogP contribution in [0.3, 0.4) is 0 Å². The van der Waals surface area contributed by atoms with E-state index in [4.69, 9.17) is 14.7 Å². The highest BCUT2D eigenvalue weighted by molar-refractivity contribution is 5.78. The monoisotopic (exact) mass is 357 g/mol. The fourth-order valence-electron chi connectivity index (χ4n) is 2.97. The quantitative estimate of drug-likeness (QED) is 0.816. The number of carboxylic acid groups (broad SMARTS) is 1. The zero-order valence-electron chi connectivity index (χ0n) is 21.5. The van der Waals surface area contributed by atoms with Crippen LogP contribution in [0.2, 0.25) is 0 Å². The molecule has 3 rings (SSSR count). The summed E-state index contributed by atoms with van der Waals surface area (Å²) in [4.78, 5) is 17.7. The predicted molar refractivity (Wildman–Crippen MR) is 104 cm³/mol. The molecule has 1 aromatic carbocycles. The molecular formula is C22H26N2O2. The Morgan fingerprint density at radius 2 is 2.08 bits per heavy atom. The van der Waals surface area contributed by atoms with Gasteiger partial charge in [0.25, 0.3) is 0 Å². The van der Waals surface area contributed by atoms with E-state index in [0.29, 0.717) is 23.5 Å². The Hall–Kier alpha value is -2.46. The first kappa shape index (κ1) is 11.3. The molecule has 0 aliphatic carbocycles. The van der Waals surface area contributed by atoms with Crippen molar-refractivity contribution >= 4 is 11.5 Å². The van der Waals surface area contributed by atoms with Gasteiger partial charge in [0.15, 0.2) is 0 Å². The van der Waals surface area contributed by atoms with E-state index in [1.807, 2.05) is 0 Å². The first-order valence-electron chi connectivity index (χ1n) is 12.2. The van der Waals surface area contributed by atoms with E-state index >= 15 is 0 Å². The molecule has 0 unspecified atom stereocenters. The molecule has 26 heavy (non-hydrogen) atoms. The van der Waals surface area contributed by atoms with Crippen molar-refractivity contribution in [2.75, 3.05) is 19.6 Å². The van der Waals surface area contributed by atoms with Gasteiger partial charge in [-0.2, -0.15) is 0 Å². The minimum absolute atomic E-state index is 0.0138. The summed E-state index contributed by atoms with van der Waals surface area (Å²) in [5, 5.41) is 8.98. The smallest absolute Gasteiger partial charge is 0.303 e. The van der Waals surface area contributed by atoms with Crippen LogP contribution in [0, 0.1) is 6.85 Å². The fourth-order valence-corrected chi connectivity index (χ4v) is 2.97. The highest BCUT2D eigenvalue weighted by Gasteiger charge is 2.12. The summed E-state index contributed by atoms with van der Waals surface area (Å²) in [5.41, 5.74) is 0.660. The lowest BCUT2D eigenvalue weighted by Crippen LogP contribution is -2.19. The lowest BCUT2D eigenvalue weighted by molar-refractivity contribution is -0.136. The van der Waals surface area contributed by atoms with Gasteiger partial charge in [0.2, 0.25) is 0 Å². The summed E-state index contributed by atoms with van der Waals surface area (Å²) in [5.74, 6) is -0.952. The number of likely N-dealkylation sites (tertiary alicyclic amines) is 1. The summed E-state index contributed by atoms with van der Waals surface area (Å²) in [6.07, 6.45) is 4.04. The lowest BCUT2D eigenvalue weighted by Gasteiger charge is -2.14. The van der Waals surface area contributed by atoms with Gasteiger partial charge in [-0.25, -0.2) is 0 Å². The van der Waals surface area contributed by atoms with Crippen LogP contribution >= 0.6 is 0 Å². The maximum atomic E-state index is 11.0. The van der Waals surface area contributed by atoms with Crippen molar-refractivity contribution in [1.29, 1.82) is 0 Å². The number of benzene rings is 1. The molecule has 0 bridgehead atoms. The SMILES string of the molecule is [2H]c1c([2H])c(C([2H])([2H])[2H])c([2H])c([2H])c1/C(=C\CN1CCCC1)c1cccc(CCC(=O)O)n1. The van der Waals surface area contributed by atoms with Crippen molar-refractivity contribution in [2.45, 2.75) is 32.5 Å². The third-order valence-corrected chi connectivity index (χ3v) is 4.32. The number of hydrogen-bond donors (Lipinski definition) is 1. The highest BCUT2D eigenvalue weighted by Crippen LogP contribution is 2.23. The fraction of sp³-hybridized carbons (Fsp3) is 0.364. The van der Waals surface area contributed by atoms with Crippen molar-refractivity contribution < 1.29 is 19.5 Å². The van der Waals surface area contributed by atoms with Gasteiger partial charge in [0, 0.05) is 28.3 Å². The summed E-state index contributed by atoms with van der Waals surface area (Å²) >= 11 is 0. The maximum Gasteiger partial charge on any atom is 0.303 e. The number of carboxylic acids is 1. The van der Waals surface area contributed by atoms with Crippen molar-refractivity contribution in [3.63, 3.8) is 0 Å². The van der Waals surface area contributed by atoms with Crippen LogP contribution < -0.4 is 0 Å². The largest absolute Gasteiger partial charge is 0.481 e. The molecule has 0 radical (unpaired) electrons. The molecule has 1 N–H and O–H groups in total. The normalized spacial score (nSPS) is 19.7. The van der Waals surface area contributed by atoms with Crippen LogP contribution in [0.1, 0.15) is 51.4 Å². The number of aromatic nitrogens is 1. The Morgan fingerprint density at radius 3 is 2.77 bits per heavy atom. The number of nitrogens with zero attached hydrogens (tertiary/aromatic N) is 2. The van der Waals surface area contributed by atoms with Crippen LogP contribution in [-0.4, -0.2) is 40.6 Å². The summed E-state index contributed by atoms with van der Waals surface area (Å²) in [7, 11) is 0. The van der Waals surface area contributed by atoms with Crippen molar-refractivity contribution in [3.8, 4) is 0 Å². The second kappa shape index (κ2) is 8.77. The molecule has 0 atom stereocenters. The van der Waals surface area contributed by atoms with Crippen molar-refractivity contribution in [3.05, 3.63) is 71.0 Å². The summed E-state index contributed by atoms with van der Waals surface area (Å²) < 4.78 is 56.5. The first-order valence-corrected chi connectivity index (χ1v) is 8.72. The molecule has 4 heteroatoms. The van der Waals surface area contributed by atoms with Gasteiger partial charge in [-0.3, -0.25) is 14.7 Å². The average Bonchev–Trinajstić information content (AvgIpc) is 3.26. The zero-order valence-corrected chi connectivity index (χ0v) is 14.5. The Kier molecular flexibility index (Phi) is 3.81. The number of hydrogen-bond acceptors (Lipinski definition) is 3. The van der Waals surface area contributed by atoms with Crippen molar-refractivity contribution in [1.82, 2.24) is 9.88 Å². The van der Waals surface area contributed by atoms with Gasteiger partial charge < -0.3 is 5.11 Å². The molecular weight excluding hydrogens is 324 g/mol. The van der Waals surface area contributed by atoms with E-state index in [9.17, 15) is 4.79 Å². The number of rotatable bonds is 7. The van der Waals surface area contributed by atoms with Crippen LogP contribution in [0.25, 0.3) is 5.57 Å². The van der Waals surface area contributed by atoms with Crippen molar-refractivity contribution in [2.24, 2.45) is 0 Å². The molecule has 1 saturated heterocycles. The molecule has 4 nitrogen and oxygen atoms in total. The van der Waals surface area contributed by atoms with Gasteiger partial charge in [-0.15, -0.1) is 0 Å². The molecule has 1 aliphatic heterocycles. The molecule has 0 spiro atoms. The molecule has 2 aromatic rings. The number of carbonyl (C=O) groups is 1. The minimum Gasteiger partial charge on any atom is -0.481 e. The minimum atomic E-state index is -2.78. The van der Waals surface area contributed by atoms with Crippen LogP contribution in [0.15, 0.2) is 48.4 Å². The third-order valence-electron chi connectivity index (χ3n) is 4.32. The zero-order chi connectivity index (χ0) is 24.3. The van der Waals surface area contributed by atoms with E-state index in [2.05, 4.69) is 9.88 Å². The Balaban J connectivity index is 2.16. The molecule has 1 aromatic heterocycles. The Morgan fingerprint density at radius 1 is 1.31 bits per heavy atom. The Labute approximate surface area is 165 Å². The van der Waals surface area contributed by atoms with E-state index in [1.54, 1.807) is 24.3 Å². The molecule has 1 fully saturated rings. The van der Waals surface area contributed by atoms with Crippen LogP contribution in [0.5, 0.6) is 0 Å². The number of aryl methyl sites for hydroxylation is 1. The lowest BCUT2D eigenvalue weighted by atomic mass is 10.00. The number of aliphatic carboxylic acids is 1. The van der Waals surface area contributed by atoms with Crippen LogP contribution in [-0.2, 0) is 11.2 Å². The standard InChI is InChI=1S/C22H26N2O2/c1-17-7-9-18(10-8-17)20(13-16-24-14-2-3-15-24)21-6-4-5-19(23-21)11-12-22(25)26/h4-10,13H,2-3,11-12,14-16H2,1H3,(H,25,26)/b20-13+/i1D3,7D,8D,9D,10D. The Bertz CT molecular complexity index is 1050. The van der Waals surface area contributed by atoms with E-state index in [1.165, 1.54) is 0 Å². The summed E-state index contributed by atoms with van der Waals surface area (Å²) in [6.45, 7) is -0.463. The van der Waals surface area contributed by atoms with E-state index < -0.39 is 42.6 Å². The molecule has 1 aliphatic rings. The van der Waals surface area contributed by atoms with Crippen LogP contribution in [0.4, 0.5) is 0 Å². The van der Waals surface area contributed by atoms with E-state index in [0.717, 1.165) is 25.9 Å². The third kappa shape index (κ3) is 5.02. The molecule has 2 heterocycles. The maximum absolute atomic E-state index is 11.0. The molecule has 0 saturated carbocycles.